The fourth-order valence-electron chi connectivity index (χ4n) is 4.76. The molecule has 2 aromatic rings. The number of nitrogens with zero attached hydrogens (tertiary/aromatic N) is 5. The van der Waals surface area contributed by atoms with E-state index in [9.17, 15) is 15.3 Å². The number of aromatic nitrogens is 1. The Morgan fingerprint density at radius 2 is 1.88 bits per heavy atom. The molecule has 1 amide bonds. The number of anilines is 1. The average Bonchev–Trinajstić information content (AvgIpc) is 3.71. The van der Waals surface area contributed by atoms with Crippen LogP contribution in [0.4, 0.5) is 5.82 Å². The predicted molar refractivity (Wildman–Crippen MR) is 130 cm³/mol. The normalized spacial score (nSPS) is 18.0. The highest BCUT2D eigenvalue weighted by Crippen LogP contribution is 2.45. The van der Waals surface area contributed by atoms with Crippen LogP contribution in [0.3, 0.4) is 0 Å². The zero-order chi connectivity index (χ0) is 24.2. The van der Waals surface area contributed by atoms with E-state index >= 15 is 0 Å². The van der Waals surface area contributed by atoms with Gasteiger partial charge in [-0.25, -0.2) is 4.98 Å². The number of carbonyl (C=O) groups excluding carboxylic acids is 1. The molecule has 0 N–H and O–H groups in total. The Morgan fingerprint density at radius 1 is 1.15 bits per heavy atom. The first-order valence-corrected chi connectivity index (χ1v) is 12.0. The molecule has 1 atom stereocenters. The van der Waals surface area contributed by atoms with Crippen molar-refractivity contribution in [2.75, 3.05) is 38.3 Å². The molecule has 1 saturated carbocycles. The topological polar surface area (TPSA) is 93.2 Å². The number of rotatable bonds is 7. The average molecular weight is 458 g/mol. The zero-order valence-electron chi connectivity index (χ0n) is 20.1. The lowest BCUT2D eigenvalue weighted by Gasteiger charge is -2.44. The number of hydrogen-bond donors (Lipinski definition) is 0. The van der Waals surface area contributed by atoms with Gasteiger partial charge in [-0.1, -0.05) is 32.0 Å². The van der Waals surface area contributed by atoms with Crippen LogP contribution in [0, 0.1) is 28.6 Å². The summed E-state index contributed by atoms with van der Waals surface area (Å²) in [5, 5.41) is 19.7. The van der Waals surface area contributed by atoms with Crippen LogP contribution in [0.15, 0.2) is 30.3 Å². The van der Waals surface area contributed by atoms with Gasteiger partial charge in [0.15, 0.2) is 0 Å². The van der Waals surface area contributed by atoms with Crippen LogP contribution < -0.4 is 4.90 Å². The Morgan fingerprint density at radius 3 is 2.53 bits per heavy atom. The van der Waals surface area contributed by atoms with Crippen molar-refractivity contribution in [1.82, 2.24) is 9.88 Å². The van der Waals surface area contributed by atoms with Gasteiger partial charge in [-0.05, 0) is 30.9 Å². The van der Waals surface area contributed by atoms with E-state index in [0.717, 1.165) is 29.7 Å². The molecule has 2 aliphatic rings. The summed E-state index contributed by atoms with van der Waals surface area (Å²) in [4.78, 5) is 22.0. The fourth-order valence-corrected chi connectivity index (χ4v) is 4.76. The first kappa shape index (κ1) is 23.7. The molecule has 34 heavy (non-hydrogen) atoms. The molecular formula is C27H31N5O2. The number of amides is 1. The molecular weight excluding hydrogens is 426 g/mol. The van der Waals surface area contributed by atoms with Crippen LogP contribution >= 0.6 is 0 Å². The van der Waals surface area contributed by atoms with Crippen molar-refractivity contribution in [2.24, 2.45) is 5.92 Å². The van der Waals surface area contributed by atoms with E-state index in [1.54, 1.807) is 13.2 Å². The van der Waals surface area contributed by atoms with E-state index in [1.807, 2.05) is 29.2 Å². The minimum Gasteiger partial charge on any atom is -0.384 e. The van der Waals surface area contributed by atoms with E-state index in [2.05, 4.69) is 30.9 Å². The maximum absolute atomic E-state index is 12.8. The van der Waals surface area contributed by atoms with Crippen molar-refractivity contribution >= 4 is 11.7 Å². The first-order valence-electron chi connectivity index (χ1n) is 12.0. The molecule has 0 spiro atoms. The standard InChI is InChI=1S/C27H31N5O2/c1-18(2)24-17-31(11-12-32(24)25(33)10-13-34-3)27-21(16-29)14-23(26(30-27)19-8-9-19)22-7-5-4-6-20(22)15-28/h4-7,14,18-19,24H,8-13,17H2,1-3H3/t24-/m0/s1. The highest BCUT2D eigenvalue weighted by molar-refractivity contribution is 5.78. The number of piperazine rings is 1. The summed E-state index contributed by atoms with van der Waals surface area (Å²) >= 11 is 0. The lowest BCUT2D eigenvalue weighted by atomic mass is 9.95. The van der Waals surface area contributed by atoms with E-state index in [4.69, 9.17) is 9.72 Å². The summed E-state index contributed by atoms with van der Waals surface area (Å²) in [7, 11) is 1.61. The van der Waals surface area contributed by atoms with Crippen LogP contribution in [-0.2, 0) is 9.53 Å². The van der Waals surface area contributed by atoms with Crippen molar-refractivity contribution in [3.8, 4) is 23.3 Å². The van der Waals surface area contributed by atoms with Crippen molar-refractivity contribution in [2.45, 2.75) is 45.1 Å². The number of nitriles is 2. The Balaban J connectivity index is 1.70. The maximum atomic E-state index is 12.8. The number of pyridine rings is 1. The third-order valence-corrected chi connectivity index (χ3v) is 6.78. The second-order valence-electron chi connectivity index (χ2n) is 9.42. The molecule has 7 nitrogen and oxygen atoms in total. The maximum Gasteiger partial charge on any atom is 0.225 e. The third kappa shape index (κ3) is 4.76. The van der Waals surface area contributed by atoms with E-state index in [1.165, 1.54) is 0 Å². The fraction of sp³-hybridized carbons (Fsp3) is 0.481. The largest absolute Gasteiger partial charge is 0.384 e. The first-order chi connectivity index (χ1) is 16.5. The number of ether oxygens (including phenoxy) is 1. The van der Waals surface area contributed by atoms with Gasteiger partial charge >= 0.3 is 0 Å². The van der Waals surface area contributed by atoms with Gasteiger partial charge in [-0.3, -0.25) is 4.79 Å². The van der Waals surface area contributed by atoms with Gasteiger partial charge in [-0.15, -0.1) is 0 Å². The zero-order valence-corrected chi connectivity index (χ0v) is 20.1. The summed E-state index contributed by atoms with van der Waals surface area (Å²) in [6.07, 6.45) is 2.51. The van der Waals surface area contributed by atoms with Crippen molar-refractivity contribution in [3.05, 3.63) is 47.2 Å². The molecule has 2 heterocycles. The molecule has 1 aliphatic carbocycles. The monoisotopic (exact) mass is 457 g/mol. The van der Waals surface area contributed by atoms with Gasteiger partial charge < -0.3 is 14.5 Å². The van der Waals surface area contributed by atoms with Gasteiger partial charge in [0.2, 0.25) is 5.91 Å². The second-order valence-corrected chi connectivity index (χ2v) is 9.42. The van der Waals surface area contributed by atoms with E-state index < -0.39 is 0 Å². The number of carbonyl (C=O) groups is 1. The Labute approximate surface area is 201 Å². The molecule has 1 aromatic heterocycles. The molecule has 4 rings (SSSR count). The summed E-state index contributed by atoms with van der Waals surface area (Å²) in [6, 6.07) is 14.1. The van der Waals surface area contributed by atoms with Gasteiger partial charge in [0, 0.05) is 43.8 Å². The molecule has 0 radical (unpaired) electrons. The van der Waals surface area contributed by atoms with Crippen molar-refractivity contribution < 1.29 is 9.53 Å². The minimum atomic E-state index is 0.0369. The van der Waals surface area contributed by atoms with Crippen molar-refractivity contribution in [3.63, 3.8) is 0 Å². The van der Waals surface area contributed by atoms with Crippen LogP contribution in [-0.4, -0.2) is 55.2 Å². The number of benzene rings is 1. The SMILES string of the molecule is COCCC(=O)N1CCN(c2nc(C3CC3)c(-c3ccccc3C#N)cc2C#N)C[C@H]1C(C)C. The predicted octanol–water partition coefficient (Wildman–Crippen LogP) is 4.08. The Kier molecular flexibility index (Phi) is 7.14. The van der Waals surface area contributed by atoms with Gasteiger partial charge in [0.25, 0.3) is 0 Å². The second kappa shape index (κ2) is 10.2. The number of methoxy groups -OCH3 is 1. The molecule has 1 saturated heterocycles. The highest BCUT2D eigenvalue weighted by Gasteiger charge is 2.35. The highest BCUT2D eigenvalue weighted by atomic mass is 16.5. The number of hydrogen-bond acceptors (Lipinski definition) is 6. The van der Waals surface area contributed by atoms with Crippen molar-refractivity contribution in [1.29, 1.82) is 10.5 Å². The van der Waals surface area contributed by atoms with E-state index in [-0.39, 0.29) is 17.9 Å². The summed E-state index contributed by atoms with van der Waals surface area (Å²) in [6.45, 7) is 6.52. The van der Waals surface area contributed by atoms with Gasteiger partial charge in [0.05, 0.1) is 42.0 Å². The molecule has 2 fully saturated rings. The molecule has 176 valence electrons. The van der Waals surface area contributed by atoms with Crippen LogP contribution in [0.1, 0.15) is 55.8 Å². The quantitative estimate of drug-likeness (QED) is 0.622. The van der Waals surface area contributed by atoms with E-state index in [0.29, 0.717) is 55.5 Å². The van der Waals surface area contributed by atoms with Gasteiger partial charge in [-0.2, -0.15) is 10.5 Å². The third-order valence-electron chi connectivity index (χ3n) is 6.78. The molecule has 0 bridgehead atoms. The van der Waals surface area contributed by atoms with Crippen LogP contribution in [0.5, 0.6) is 0 Å². The molecule has 7 heteroatoms. The van der Waals surface area contributed by atoms with Gasteiger partial charge in [0.1, 0.15) is 11.9 Å². The molecule has 1 aliphatic heterocycles. The lowest BCUT2D eigenvalue weighted by molar-refractivity contribution is -0.135. The Hall–Kier alpha value is -3.42. The van der Waals surface area contributed by atoms with Crippen LogP contribution in [0.25, 0.3) is 11.1 Å². The smallest absolute Gasteiger partial charge is 0.225 e. The lowest BCUT2D eigenvalue weighted by Crippen LogP contribution is -2.57. The minimum absolute atomic E-state index is 0.0369. The summed E-state index contributed by atoms with van der Waals surface area (Å²) in [5.41, 5.74) is 3.78. The van der Waals surface area contributed by atoms with Crippen LogP contribution in [0.2, 0.25) is 0 Å². The molecule has 0 unspecified atom stereocenters. The molecule has 1 aromatic carbocycles. The summed E-state index contributed by atoms with van der Waals surface area (Å²) in [5.74, 6) is 1.42. The Bertz CT molecular complexity index is 1140. The summed E-state index contributed by atoms with van der Waals surface area (Å²) < 4.78 is 5.10.